The van der Waals surface area contributed by atoms with Crippen molar-refractivity contribution < 1.29 is 4.79 Å². The van der Waals surface area contributed by atoms with Gasteiger partial charge in [-0.25, -0.2) is 4.98 Å². The fourth-order valence-corrected chi connectivity index (χ4v) is 3.61. The van der Waals surface area contributed by atoms with Crippen LogP contribution in [0.3, 0.4) is 0 Å². The number of para-hydroxylation sites is 2. The molecule has 130 valence electrons. The number of amides is 1. The van der Waals surface area contributed by atoms with Crippen molar-refractivity contribution in [2.75, 3.05) is 18.4 Å². The van der Waals surface area contributed by atoms with E-state index in [2.05, 4.69) is 31.2 Å². The lowest BCUT2D eigenvalue weighted by molar-refractivity contribution is 0.0852. The van der Waals surface area contributed by atoms with Gasteiger partial charge in [0.05, 0.1) is 22.8 Å². The molecule has 5 nitrogen and oxygen atoms in total. The van der Waals surface area contributed by atoms with Crippen molar-refractivity contribution in [3.05, 3.63) is 69.8 Å². The monoisotopic (exact) mass is 428 g/mol. The third-order valence-electron chi connectivity index (χ3n) is 4.10. The maximum absolute atomic E-state index is 13.0. The van der Waals surface area contributed by atoms with Crippen LogP contribution in [0.25, 0.3) is 10.9 Å². The average molecular weight is 430 g/mol. The van der Waals surface area contributed by atoms with Crippen LogP contribution < -0.4 is 5.32 Å². The van der Waals surface area contributed by atoms with E-state index in [9.17, 15) is 4.79 Å². The number of carbonyl (C=O) groups excluding carboxylic acids is 1. The summed E-state index contributed by atoms with van der Waals surface area (Å²) in [6.45, 7) is 1.03. The molecule has 7 heteroatoms. The topological polar surface area (TPSA) is 57.6 Å². The van der Waals surface area contributed by atoms with Gasteiger partial charge in [-0.2, -0.15) is 0 Å². The maximum Gasteiger partial charge on any atom is 0.279 e. The number of halogens is 2. The molecule has 0 fully saturated rings. The maximum atomic E-state index is 13.0. The summed E-state index contributed by atoms with van der Waals surface area (Å²) >= 11 is 9.72. The Morgan fingerprint density at radius 1 is 1.12 bits per heavy atom. The van der Waals surface area contributed by atoms with Crippen molar-refractivity contribution in [1.82, 2.24) is 9.88 Å². The molecule has 0 saturated heterocycles. The Bertz CT molecular complexity index is 1020. The summed E-state index contributed by atoms with van der Waals surface area (Å²) in [5.41, 5.74) is 1.86. The number of hydrogen-bond acceptors (Lipinski definition) is 4. The van der Waals surface area contributed by atoms with Crippen LogP contribution in [0, 0.1) is 0 Å². The van der Waals surface area contributed by atoms with Crippen LogP contribution in [-0.2, 0) is 0 Å². The minimum absolute atomic E-state index is 0.192. The van der Waals surface area contributed by atoms with Gasteiger partial charge in [0.2, 0.25) is 5.96 Å². The number of aromatic nitrogens is 1. The number of pyridine rings is 1. The summed E-state index contributed by atoms with van der Waals surface area (Å²) in [7, 11) is 0. The quantitative estimate of drug-likeness (QED) is 0.649. The van der Waals surface area contributed by atoms with Crippen LogP contribution in [0.5, 0.6) is 0 Å². The number of hydrogen-bond donors (Lipinski definition) is 1. The normalized spacial score (nSPS) is 13.8. The van der Waals surface area contributed by atoms with Crippen LogP contribution in [-0.4, -0.2) is 34.8 Å². The minimum Gasteiger partial charge on any atom is -0.324 e. The number of aliphatic imine (C=N–C) groups is 1. The lowest BCUT2D eigenvalue weighted by Gasteiger charge is -2.20. The van der Waals surface area contributed by atoms with E-state index in [1.807, 2.05) is 42.5 Å². The van der Waals surface area contributed by atoms with Gasteiger partial charge in [-0.3, -0.25) is 14.7 Å². The second-order valence-corrected chi connectivity index (χ2v) is 7.03. The molecule has 0 atom stereocenters. The molecular formula is C19H14BrClN4O. The summed E-state index contributed by atoms with van der Waals surface area (Å²) in [6, 6.07) is 16.9. The summed E-state index contributed by atoms with van der Waals surface area (Å²) in [5, 5.41) is 4.71. The Kier molecular flexibility index (Phi) is 4.61. The number of anilines is 1. The molecule has 1 N–H and O–H groups in total. The Morgan fingerprint density at radius 2 is 1.96 bits per heavy atom. The van der Waals surface area contributed by atoms with E-state index >= 15 is 0 Å². The zero-order valence-electron chi connectivity index (χ0n) is 13.6. The highest BCUT2D eigenvalue weighted by Gasteiger charge is 2.26. The largest absolute Gasteiger partial charge is 0.324 e. The molecule has 26 heavy (non-hydrogen) atoms. The highest BCUT2D eigenvalue weighted by Crippen LogP contribution is 2.30. The third kappa shape index (κ3) is 3.18. The van der Waals surface area contributed by atoms with Crippen LogP contribution in [0.2, 0.25) is 5.02 Å². The fourth-order valence-electron chi connectivity index (χ4n) is 2.80. The number of guanidine groups is 1. The summed E-state index contributed by atoms with van der Waals surface area (Å²) in [4.78, 5) is 23.4. The molecule has 3 aromatic rings. The SMILES string of the molecule is O=C(c1ccc2ccccc2n1)N1CCN=C1Nc1c(Cl)cccc1Br. The van der Waals surface area contributed by atoms with Crippen LogP contribution in [0.4, 0.5) is 5.69 Å². The number of carbonyl (C=O) groups is 1. The van der Waals surface area contributed by atoms with Crippen LogP contribution >= 0.6 is 27.5 Å². The second-order valence-electron chi connectivity index (χ2n) is 5.77. The number of nitrogens with one attached hydrogen (secondary N) is 1. The van der Waals surface area contributed by atoms with Gasteiger partial charge in [0, 0.05) is 16.4 Å². The first-order valence-electron chi connectivity index (χ1n) is 8.06. The highest BCUT2D eigenvalue weighted by molar-refractivity contribution is 9.10. The zero-order chi connectivity index (χ0) is 18.1. The lowest BCUT2D eigenvalue weighted by atomic mass is 10.2. The number of fused-ring (bicyclic) bond motifs is 1. The summed E-state index contributed by atoms with van der Waals surface area (Å²) in [5.74, 6) is 0.279. The van der Waals surface area contributed by atoms with Crippen molar-refractivity contribution in [2.24, 2.45) is 4.99 Å². The van der Waals surface area contributed by atoms with Crippen LogP contribution in [0.1, 0.15) is 10.5 Å². The van der Waals surface area contributed by atoms with Crippen molar-refractivity contribution in [1.29, 1.82) is 0 Å². The molecule has 0 saturated carbocycles. The number of rotatable bonds is 2. The molecule has 4 rings (SSSR count). The molecule has 1 amide bonds. The standard InChI is InChI=1S/C19H14BrClN4O/c20-13-5-3-6-14(21)17(13)24-19-22-10-11-25(19)18(26)16-9-8-12-4-1-2-7-15(12)23-16/h1-9H,10-11H2,(H,22,24). The van der Waals surface area contributed by atoms with Crippen LogP contribution in [0.15, 0.2) is 64.1 Å². The molecule has 0 unspecified atom stereocenters. The molecule has 0 radical (unpaired) electrons. The predicted molar refractivity (Wildman–Crippen MR) is 108 cm³/mol. The first-order valence-corrected chi connectivity index (χ1v) is 9.24. The molecule has 2 heterocycles. The summed E-state index contributed by atoms with van der Waals surface area (Å²) < 4.78 is 0.802. The third-order valence-corrected chi connectivity index (χ3v) is 5.08. The Morgan fingerprint density at radius 3 is 2.81 bits per heavy atom. The van der Waals surface area contributed by atoms with E-state index in [1.165, 1.54) is 0 Å². The summed E-state index contributed by atoms with van der Waals surface area (Å²) in [6.07, 6.45) is 0. The van der Waals surface area contributed by atoms with Crippen molar-refractivity contribution in [2.45, 2.75) is 0 Å². The van der Waals surface area contributed by atoms with Gasteiger partial charge >= 0.3 is 0 Å². The molecule has 1 aliphatic heterocycles. The van der Waals surface area contributed by atoms with Crippen molar-refractivity contribution >= 4 is 56.0 Å². The molecular weight excluding hydrogens is 416 g/mol. The molecule has 1 aliphatic rings. The van der Waals surface area contributed by atoms with Gasteiger partial charge in [0.25, 0.3) is 5.91 Å². The van der Waals surface area contributed by atoms with E-state index in [0.29, 0.717) is 35.5 Å². The first kappa shape index (κ1) is 17.0. The molecule has 1 aromatic heterocycles. The first-order chi connectivity index (χ1) is 12.6. The predicted octanol–water partition coefficient (Wildman–Crippen LogP) is 4.57. The fraction of sp³-hybridized carbons (Fsp3) is 0.105. The smallest absolute Gasteiger partial charge is 0.279 e. The van der Waals surface area contributed by atoms with Gasteiger partial charge in [0.15, 0.2) is 0 Å². The van der Waals surface area contributed by atoms with E-state index in [0.717, 1.165) is 15.4 Å². The van der Waals surface area contributed by atoms with E-state index in [1.54, 1.807) is 17.0 Å². The number of benzene rings is 2. The lowest BCUT2D eigenvalue weighted by Crippen LogP contribution is -2.38. The van der Waals surface area contributed by atoms with Gasteiger partial charge in [-0.1, -0.05) is 41.9 Å². The van der Waals surface area contributed by atoms with E-state index in [-0.39, 0.29) is 5.91 Å². The molecule has 0 spiro atoms. The molecule has 2 aromatic carbocycles. The highest BCUT2D eigenvalue weighted by atomic mass is 79.9. The molecule has 0 aliphatic carbocycles. The Hall–Kier alpha value is -2.44. The Balaban J connectivity index is 1.62. The second kappa shape index (κ2) is 7.05. The van der Waals surface area contributed by atoms with E-state index < -0.39 is 0 Å². The number of nitrogens with zero attached hydrogens (tertiary/aromatic N) is 3. The van der Waals surface area contributed by atoms with Crippen molar-refractivity contribution in [3.8, 4) is 0 Å². The zero-order valence-corrected chi connectivity index (χ0v) is 16.0. The Labute approximate surface area is 163 Å². The molecule has 0 bridgehead atoms. The minimum atomic E-state index is -0.192. The van der Waals surface area contributed by atoms with Crippen molar-refractivity contribution in [3.63, 3.8) is 0 Å². The van der Waals surface area contributed by atoms with Gasteiger partial charge in [-0.05, 0) is 40.2 Å². The van der Waals surface area contributed by atoms with Gasteiger partial charge < -0.3 is 5.32 Å². The average Bonchev–Trinajstić information content (AvgIpc) is 3.12. The van der Waals surface area contributed by atoms with E-state index in [4.69, 9.17) is 11.6 Å². The van der Waals surface area contributed by atoms with Gasteiger partial charge in [-0.15, -0.1) is 0 Å². The van der Waals surface area contributed by atoms with Gasteiger partial charge in [0.1, 0.15) is 5.69 Å².